The number of nitrogens with one attached hydrogen (secondary N) is 1. The molecule has 0 aromatic carbocycles. The van der Waals surface area contributed by atoms with Gasteiger partial charge in [0.1, 0.15) is 5.69 Å². The number of carbonyl (C=O) groups is 1. The molecule has 1 amide bonds. The van der Waals surface area contributed by atoms with Crippen LogP contribution in [0.5, 0.6) is 0 Å². The fourth-order valence-electron chi connectivity index (χ4n) is 2.90. The molecule has 0 aliphatic heterocycles. The van der Waals surface area contributed by atoms with Gasteiger partial charge < -0.3 is 5.32 Å². The van der Waals surface area contributed by atoms with Crippen molar-refractivity contribution < 1.29 is 4.79 Å². The summed E-state index contributed by atoms with van der Waals surface area (Å²) in [6, 6.07) is 3.49. The van der Waals surface area contributed by atoms with E-state index in [1.165, 1.54) is 0 Å². The highest BCUT2D eigenvalue weighted by Gasteiger charge is 2.17. The van der Waals surface area contributed by atoms with Crippen LogP contribution in [0.2, 0.25) is 0 Å². The molecule has 0 bridgehead atoms. The van der Waals surface area contributed by atoms with Crippen LogP contribution in [0.25, 0.3) is 17.0 Å². The van der Waals surface area contributed by atoms with Crippen LogP contribution in [0.3, 0.4) is 0 Å². The molecule has 0 saturated heterocycles. The van der Waals surface area contributed by atoms with Crippen LogP contribution in [-0.2, 0) is 20.1 Å². The lowest BCUT2D eigenvalue weighted by molar-refractivity contribution is 0.0945. The zero-order chi connectivity index (χ0) is 19.8. The van der Waals surface area contributed by atoms with Crippen molar-refractivity contribution in [1.82, 2.24) is 39.5 Å². The summed E-state index contributed by atoms with van der Waals surface area (Å²) in [6.45, 7) is 5.13. The van der Waals surface area contributed by atoms with Crippen molar-refractivity contribution in [2.75, 3.05) is 0 Å². The Bertz CT molecular complexity index is 1170. The van der Waals surface area contributed by atoms with E-state index in [-0.39, 0.29) is 5.91 Å². The molecule has 4 rings (SSSR count). The summed E-state index contributed by atoms with van der Waals surface area (Å²) in [5, 5.41) is 16.1. The topological polar surface area (TPSA) is 94.9 Å². The minimum Gasteiger partial charge on any atom is -0.346 e. The first-order valence-corrected chi connectivity index (χ1v) is 9.61. The molecule has 0 saturated carbocycles. The van der Waals surface area contributed by atoms with Gasteiger partial charge >= 0.3 is 0 Å². The minimum absolute atomic E-state index is 0.266. The number of amides is 1. The van der Waals surface area contributed by atoms with E-state index < -0.39 is 0 Å². The zero-order valence-electron chi connectivity index (χ0n) is 15.7. The molecule has 10 heteroatoms. The molecule has 0 aliphatic carbocycles. The highest BCUT2D eigenvalue weighted by molar-refractivity contribution is 9.10. The van der Waals surface area contributed by atoms with E-state index in [4.69, 9.17) is 0 Å². The second kappa shape index (κ2) is 7.19. The van der Waals surface area contributed by atoms with Crippen LogP contribution in [0.4, 0.5) is 0 Å². The average Bonchev–Trinajstić information content (AvgIpc) is 3.38. The van der Waals surface area contributed by atoms with E-state index in [0.717, 1.165) is 33.7 Å². The molecule has 0 aliphatic rings. The number of hydrogen-bond donors (Lipinski definition) is 1. The van der Waals surface area contributed by atoms with Crippen molar-refractivity contribution in [3.05, 3.63) is 52.1 Å². The maximum absolute atomic E-state index is 12.6. The third-order valence-electron chi connectivity index (χ3n) is 4.65. The van der Waals surface area contributed by atoms with Crippen LogP contribution in [-0.4, -0.2) is 40.1 Å². The van der Waals surface area contributed by atoms with Crippen LogP contribution < -0.4 is 5.32 Å². The number of carbonyl (C=O) groups excluding carboxylic acids is 1. The van der Waals surface area contributed by atoms with Crippen molar-refractivity contribution in [3.63, 3.8) is 0 Å². The Morgan fingerprint density at radius 1 is 1.32 bits per heavy atom. The summed E-state index contributed by atoms with van der Waals surface area (Å²) in [5.41, 5.74) is 4.36. The average molecular weight is 443 g/mol. The van der Waals surface area contributed by atoms with Crippen molar-refractivity contribution in [2.24, 2.45) is 7.05 Å². The molecule has 0 radical (unpaired) electrons. The maximum Gasteiger partial charge on any atom is 0.272 e. The second-order valence-corrected chi connectivity index (χ2v) is 7.23. The number of halogens is 1. The van der Waals surface area contributed by atoms with Gasteiger partial charge in [0, 0.05) is 49.9 Å². The van der Waals surface area contributed by atoms with Gasteiger partial charge in [0.05, 0.1) is 16.4 Å². The highest BCUT2D eigenvalue weighted by Crippen LogP contribution is 2.26. The van der Waals surface area contributed by atoms with Gasteiger partial charge in [-0.2, -0.15) is 15.3 Å². The quantitative estimate of drug-likeness (QED) is 0.511. The smallest absolute Gasteiger partial charge is 0.272 e. The number of rotatable bonds is 5. The Hall–Kier alpha value is -3.01. The van der Waals surface area contributed by atoms with E-state index in [9.17, 15) is 4.79 Å². The first-order chi connectivity index (χ1) is 13.5. The molecule has 0 fully saturated rings. The van der Waals surface area contributed by atoms with Gasteiger partial charge in [-0.15, -0.1) is 0 Å². The van der Waals surface area contributed by atoms with Crippen LogP contribution in [0, 0.1) is 6.92 Å². The molecule has 1 N–H and O–H groups in total. The van der Waals surface area contributed by atoms with Crippen molar-refractivity contribution in [1.29, 1.82) is 0 Å². The zero-order valence-corrected chi connectivity index (χ0v) is 17.3. The summed E-state index contributed by atoms with van der Waals surface area (Å²) in [7, 11) is 1.87. The van der Waals surface area contributed by atoms with Gasteiger partial charge in [-0.25, -0.2) is 9.50 Å². The number of aryl methyl sites for hydroxylation is 2. The first kappa shape index (κ1) is 18.4. The van der Waals surface area contributed by atoms with E-state index >= 15 is 0 Å². The van der Waals surface area contributed by atoms with Gasteiger partial charge in [-0.1, -0.05) is 0 Å². The Balaban J connectivity index is 1.63. The number of fused-ring (bicyclic) bond motifs is 1. The molecule has 4 aromatic rings. The van der Waals surface area contributed by atoms with Gasteiger partial charge in [0.2, 0.25) is 0 Å². The van der Waals surface area contributed by atoms with Gasteiger partial charge in [0.15, 0.2) is 11.3 Å². The third kappa shape index (κ3) is 3.19. The highest BCUT2D eigenvalue weighted by atomic mass is 79.9. The predicted molar refractivity (Wildman–Crippen MR) is 107 cm³/mol. The summed E-state index contributed by atoms with van der Waals surface area (Å²) >= 11 is 3.54. The molecule has 0 unspecified atom stereocenters. The molecule has 0 spiro atoms. The Labute approximate surface area is 169 Å². The van der Waals surface area contributed by atoms with E-state index in [2.05, 4.69) is 41.5 Å². The summed E-state index contributed by atoms with van der Waals surface area (Å²) in [4.78, 5) is 16.9. The molecular weight excluding hydrogens is 424 g/mol. The van der Waals surface area contributed by atoms with E-state index in [1.807, 2.05) is 37.8 Å². The van der Waals surface area contributed by atoms with Crippen LogP contribution in [0.15, 0.2) is 35.2 Å². The van der Waals surface area contributed by atoms with Crippen LogP contribution in [0.1, 0.15) is 28.7 Å². The lowest BCUT2D eigenvalue weighted by Crippen LogP contribution is -2.23. The van der Waals surface area contributed by atoms with Gasteiger partial charge in [-0.05, 0) is 35.8 Å². The minimum atomic E-state index is -0.266. The standard InChI is InChI=1S/C18H19BrN8O/c1-4-26-10-13(19)17(24-26)15-5-6-20-16-7-14(23-27(15)16)18(28)21-8-12-9-22-25(3)11(12)2/h5-7,9-10H,4,8H2,1-3H3,(H,21,28). The van der Waals surface area contributed by atoms with Crippen molar-refractivity contribution >= 4 is 27.5 Å². The van der Waals surface area contributed by atoms with Crippen molar-refractivity contribution in [3.8, 4) is 11.4 Å². The molecule has 144 valence electrons. The third-order valence-corrected chi connectivity index (χ3v) is 5.23. The summed E-state index contributed by atoms with van der Waals surface area (Å²) in [5.74, 6) is -0.266. The SMILES string of the molecule is CCn1cc(Br)c(-c2ccnc3cc(C(=O)NCc4cnn(C)c4C)nn23)n1. The molecular formula is C18H19BrN8O. The Morgan fingerprint density at radius 3 is 2.82 bits per heavy atom. The van der Waals surface area contributed by atoms with Crippen molar-refractivity contribution in [2.45, 2.75) is 26.9 Å². The fraction of sp³-hybridized carbons (Fsp3) is 0.278. The van der Waals surface area contributed by atoms with Gasteiger partial charge in [0.25, 0.3) is 5.91 Å². The maximum atomic E-state index is 12.6. The molecule has 0 atom stereocenters. The largest absolute Gasteiger partial charge is 0.346 e. The monoisotopic (exact) mass is 442 g/mol. The molecule has 4 aromatic heterocycles. The molecule has 9 nitrogen and oxygen atoms in total. The molecule has 28 heavy (non-hydrogen) atoms. The van der Waals surface area contributed by atoms with Crippen LogP contribution >= 0.6 is 15.9 Å². The molecule has 4 heterocycles. The predicted octanol–water partition coefficient (Wildman–Crippen LogP) is 2.35. The summed E-state index contributed by atoms with van der Waals surface area (Å²) < 4.78 is 6.10. The number of hydrogen-bond acceptors (Lipinski definition) is 5. The first-order valence-electron chi connectivity index (χ1n) is 8.81. The van der Waals surface area contributed by atoms with E-state index in [1.54, 1.807) is 27.7 Å². The van der Waals surface area contributed by atoms with E-state index in [0.29, 0.717) is 17.9 Å². The Morgan fingerprint density at radius 2 is 2.14 bits per heavy atom. The Kier molecular flexibility index (Phi) is 4.71. The summed E-state index contributed by atoms with van der Waals surface area (Å²) in [6.07, 6.45) is 5.35. The van der Waals surface area contributed by atoms with Gasteiger partial charge in [-0.3, -0.25) is 14.2 Å². The fourth-order valence-corrected chi connectivity index (χ4v) is 3.42. The normalized spacial score (nSPS) is 11.3. The number of nitrogens with zero attached hydrogens (tertiary/aromatic N) is 7. The lowest BCUT2D eigenvalue weighted by atomic mass is 10.2. The number of aromatic nitrogens is 7. The second-order valence-electron chi connectivity index (χ2n) is 6.37. The lowest BCUT2D eigenvalue weighted by Gasteiger charge is -2.03.